The van der Waals surface area contributed by atoms with E-state index in [1.807, 2.05) is 44.4 Å². The molecule has 0 fully saturated rings. The normalized spacial score (nSPS) is 11.0. The van der Waals surface area contributed by atoms with Crippen LogP contribution in [0.1, 0.15) is 11.1 Å². The van der Waals surface area contributed by atoms with Gasteiger partial charge in [-0.2, -0.15) is 0 Å². The molecule has 6 nitrogen and oxygen atoms in total. The average molecular weight is 512 g/mol. The highest BCUT2D eigenvalue weighted by Crippen LogP contribution is 2.17. The standard InChI is InChI=1S/C22H32N4O2.HI/c1-23-22(24-13-12-19-9-5-6-11-21(19)27-4)25-17-18-8-7-10-20(16-18)28-15-14-26(2)3;/h5-11,16H,12-15,17H2,1-4H3,(H2,23,24,25);1H. The fourth-order valence-corrected chi connectivity index (χ4v) is 2.72. The number of benzene rings is 2. The second-order valence-corrected chi connectivity index (χ2v) is 6.71. The summed E-state index contributed by atoms with van der Waals surface area (Å²) in [6.07, 6.45) is 0.861. The Labute approximate surface area is 191 Å². The summed E-state index contributed by atoms with van der Waals surface area (Å²) in [5.41, 5.74) is 2.32. The van der Waals surface area contributed by atoms with Crippen LogP contribution in [-0.2, 0) is 13.0 Å². The molecule has 0 amide bonds. The van der Waals surface area contributed by atoms with Gasteiger partial charge in [0.15, 0.2) is 5.96 Å². The molecule has 2 aromatic carbocycles. The van der Waals surface area contributed by atoms with Crippen LogP contribution in [0.3, 0.4) is 0 Å². The van der Waals surface area contributed by atoms with Gasteiger partial charge in [-0.1, -0.05) is 30.3 Å². The first-order valence-corrected chi connectivity index (χ1v) is 9.55. The fourth-order valence-electron chi connectivity index (χ4n) is 2.72. The van der Waals surface area contributed by atoms with Gasteiger partial charge in [-0.05, 0) is 49.8 Å². The van der Waals surface area contributed by atoms with E-state index < -0.39 is 0 Å². The maximum atomic E-state index is 5.80. The molecule has 2 aromatic rings. The Morgan fingerprint density at radius 1 is 1.07 bits per heavy atom. The molecule has 0 aromatic heterocycles. The summed E-state index contributed by atoms with van der Waals surface area (Å²) in [5.74, 6) is 2.58. The average Bonchev–Trinajstić information content (AvgIpc) is 2.71. The summed E-state index contributed by atoms with van der Waals surface area (Å²) in [6, 6.07) is 16.2. The molecule has 0 saturated heterocycles. The zero-order chi connectivity index (χ0) is 20.2. The quantitative estimate of drug-likeness (QED) is 0.291. The molecular formula is C22H33IN4O2. The van der Waals surface area contributed by atoms with Crippen molar-refractivity contribution in [3.05, 3.63) is 59.7 Å². The van der Waals surface area contributed by atoms with E-state index in [2.05, 4.69) is 38.7 Å². The Morgan fingerprint density at radius 2 is 1.86 bits per heavy atom. The van der Waals surface area contributed by atoms with Gasteiger partial charge in [0.25, 0.3) is 0 Å². The van der Waals surface area contributed by atoms with Gasteiger partial charge in [-0.3, -0.25) is 4.99 Å². The highest BCUT2D eigenvalue weighted by molar-refractivity contribution is 14.0. The lowest BCUT2D eigenvalue weighted by Gasteiger charge is -2.14. The maximum Gasteiger partial charge on any atom is 0.191 e. The Balaban J connectivity index is 0.00000420. The van der Waals surface area contributed by atoms with Crippen molar-refractivity contribution in [2.45, 2.75) is 13.0 Å². The number of guanidine groups is 1. The number of rotatable bonds is 10. The second-order valence-electron chi connectivity index (χ2n) is 6.71. The largest absolute Gasteiger partial charge is 0.496 e. The minimum atomic E-state index is 0. The third-order valence-corrected chi connectivity index (χ3v) is 4.27. The lowest BCUT2D eigenvalue weighted by molar-refractivity contribution is 0.261. The van der Waals surface area contributed by atoms with Gasteiger partial charge in [-0.25, -0.2) is 0 Å². The summed E-state index contributed by atoms with van der Waals surface area (Å²) >= 11 is 0. The zero-order valence-electron chi connectivity index (χ0n) is 17.8. The highest BCUT2D eigenvalue weighted by atomic mass is 127. The van der Waals surface area contributed by atoms with E-state index in [0.717, 1.165) is 42.5 Å². The molecule has 0 heterocycles. The van der Waals surface area contributed by atoms with Crippen LogP contribution in [0, 0.1) is 0 Å². The zero-order valence-corrected chi connectivity index (χ0v) is 20.1. The summed E-state index contributed by atoms with van der Waals surface area (Å²) in [6.45, 7) is 3.02. The van der Waals surface area contributed by atoms with Crippen molar-refractivity contribution in [1.82, 2.24) is 15.5 Å². The van der Waals surface area contributed by atoms with Crippen LogP contribution in [-0.4, -0.2) is 58.8 Å². The molecule has 0 saturated carbocycles. The topological polar surface area (TPSA) is 58.1 Å². The van der Waals surface area contributed by atoms with E-state index in [9.17, 15) is 0 Å². The van der Waals surface area contributed by atoms with Gasteiger partial charge in [0, 0.05) is 26.7 Å². The van der Waals surface area contributed by atoms with Crippen LogP contribution >= 0.6 is 24.0 Å². The molecule has 0 aliphatic rings. The summed E-state index contributed by atoms with van der Waals surface area (Å²) in [4.78, 5) is 6.40. The molecule has 0 radical (unpaired) electrons. The van der Waals surface area contributed by atoms with Crippen molar-refractivity contribution < 1.29 is 9.47 Å². The minimum Gasteiger partial charge on any atom is -0.496 e. The lowest BCUT2D eigenvalue weighted by Crippen LogP contribution is -2.37. The lowest BCUT2D eigenvalue weighted by atomic mass is 10.1. The fraction of sp³-hybridized carbons (Fsp3) is 0.409. The minimum absolute atomic E-state index is 0. The molecule has 2 rings (SSSR count). The van der Waals surface area contributed by atoms with Crippen LogP contribution in [0.2, 0.25) is 0 Å². The first-order chi connectivity index (χ1) is 13.6. The van der Waals surface area contributed by atoms with E-state index in [1.54, 1.807) is 14.2 Å². The first kappa shape index (κ1) is 25.0. The molecular weight excluding hydrogens is 479 g/mol. The van der Waals surface area contributed by atoms with E-state index >= 15 is 0 Å². The first-order valence-electron chi connectivity index (χ1n) is 9.55. The van der Waals surface area contributed by atoms with Gasteiger partial charge in [-0.15, -0.1) is 24.0 Å². The van der Waals surface area contributed by atoms with Gasteiger partial charge < -0.3 is 25.0 Å². The van der Waals surface area contributed by atoms with Crippen LogP contribution in [0.5, 0.6) is 11.5 Å². The Kier molecular flexibility index (Phi) is 12.1. The molecule has 29 heavy (non-hydrogen) atoms. The summed E-state index contributed by atoms with van der Waals surface area (Å²) in [5, 5.41) is 6.69. The molecule has 0 atom stereocenters. The van der Waals surface area contributed by atoms with Crippen LogP contribution < -0.4 is 20.1 Å². The molecule has 160 valence electrons. The number of ether oxygens (including phenoxy) is 2. The number of nitrogens with zero attached hydrogens (tertiary/aromatic N) is 2. The van der Waals surface area contributed by atoms with E-state index in [1.165, 1.54) is 5.56 Å². The molecule has 7 heteroatoms. The maximum absolute atomic E-state index is 5.80. The Bertz CT molecular complexity index is 753. The van der Waals surface area contributed by atoms with Crippen LogP contribution in [0.4, 0.5) is 0 Å². The molecule has 2 N–H and O–H groups in total. The van der Waals surface area contributed by atoms with Crippen molar-refractivity contribution in [3.8, 4) is 11.5 Å². The number of nitrogens with one attached hydrogen (secondary N) is 2. The predicted molar refractivity (Wildman–Crippen MR) is 131 cm³/mol. The number of halogens is 1. The third-order valence-electron chi connectivity index (χ3n) is 4.27. The van der Waals surface area contributed by atoms with Crippen LogP contribution in [0.15, 0.2) is 53.5 Å². The van der Waals surface area contributed by atoms with E-state index in [4.69, 9.17) is 9.47 Å². The summed E-state index contributed by atoms with van der Waals surface area (Å²) in [7, 11) is 7.55. The van der Waals surface area contributed by atoms with E-state index in [0.29, 0.717) is 13.2 Å². The Hall–Kier alpha value is -2.00. The highest BCUT2D eigenvalue weighted by Gasteiger charge is 2.03. The second kappa shape index (κ2) is 14.1. The van der Waals surface area contributed by atoms with Crippen molar-refractivity contribution in [1.29, 1.82) is 0 Å². The number of aliphatic imine (C=N–C) groups is 1. The number of hydrogen-bond acceptors (Lipinski definition) is 4. The van der Waals surface area contributed by atoms with Crippen molar-refractivity contribution in [2.75, 3.05) is 47.9 Å². The van der Waals surface area contributed by atoms with Crippen LogP contribution in [0.25, 0.3) is 0 Å². The van der Waals surface area contributed by atoms with Crippen molar-refractivity contribution >= 4 is 29.9 Å². The number of para-hydroxylation sites is 1. The molecule has 0 aliphatic carbocycles. The van der Waals surface area contributed by atoms with Gasteiger partial charge >= 0.3 is 0 Å². The smallest absolute Gasteiger partial charge is 0.191 e. The number of likely N-dealkylation sites (N-methyl/N-ethyl adjacent to an activating group) is 1. The van der Waals surface area contributed by atoms with Gasteiger partial charge in [0.2, 0.25) is 0 Å². The molecule has 0 aliphatic heterocycles. The molecule has 0 bridgehead atoms. The molecule has 0 spiro atoms. The van der Waals surface area contributed by atoms with Gasteiger partial charge in [0.1, 0.15) is 18.1 Å². The van der Waals surface area contributed by atoms with Crippen molar-refractivity contribution in [3.63, 3.8) is 0 Å². The third kappa shape index (κ3) is 9.36. The SMILES string of the molecule is CN=C(NCCc1ccccc1OC)NCc1cccc(OCCN(C)C)c1.I. The molecule has 0 unspecified atom stereocenters. The Morgan fingerprint density at radius 3 is 2.59 bits per heavy atom. The number of methoxy groups -OCH3 is 1. The van der Waals surface area contributed by atoms with E-state index in [-0.39, 0.29) is 24.0 Å². The summed E-state index contributed by atoms with van der Waals surface area (Å²) < 4.78 is 11.2. The monoisotopic (exact) mass is 512 g/mol. The van der Waals surface area contributed by atoms with Gasteiger partial charge in [0.05, 0.1) is 7.11 Å². The predicted octanol–water partition coefficient (Wildman–Crippen LogP) is 3.16. The van der Waals surface area contributed by atoms with Crippen molar-refractivity contribution in [2.24, 2.45) is 4.99 Å². The number of hydrogen-bond donors (Lipinski definition) is 2.